The number of allylic oxidation sites excluding steroid dienone is 2. The summed E-state index contributed by atoms with van der Waals surface area (Å²) < 4.78 is 0. The van der Waals surface area contributed by atoms with E-state index in [1.165, 1.54) is 36.8 Å². The lowest BCUT2D eigenvalue weighted by Gasteiger charge is -2.16. The summed E-state index contributed by atoms with van der Waals surface area (Å²) in [5, 5.41) is 3.45. The highest BCUT2D eigenvalue weighted by Gasteiger charge is 2.07. The van der Waals surface area contributed by atoms with Crippen LogP contribution in [-0.4, -0.2) is 6.54 Å². The first-order valence-corrected chi connectivity index (χ1v) is 6.84. The van der Waals surface area contributed by atoms with Crippen molar-refractivity contribution in [3.63, 3.8) is 0 Å². The van der Waals surface area contributed by atoms with Gasteiger partial charge in [0.25, 0.3) is 0 Å². The molecule has 1 unspecified atom stereocenters. The summed E-state index contributed by atoms with van der Waals surface area (Å²) in [6, 6.07) is 9.53. The van der Waals surface area contributed by atoms with Gasteiger partial charge >= 0.3 is 0 Å². The second-order valence-electron chi connectivity index (χ2n) is 4.88. The van der Waals surface area contributed by atoms with Crippen LogP contribution in [0.25, 0.3) is 5.57 Å². The summed E-state index contributed by atoms with van der Waals surface area (Å²) >= 11 is 0. The minimum Gasteiger partial charge on any atom is -0.310 e. The minimum absolute atomic E-state index is 0.453. The van der Waals surface area contributed by atoms with Gasteiger partial charge in [0, 0.05) is 6.04 Å². The van der Waals surface area contributed by atoms with Crippen molar-refractivity contribution in [2.24, 2.45) is 0 Å². The fourth-order valence-electron chi connectivity index (χ4n) is 2.51. The van der Waals surface area contributed by atoms with Crippen LogP contribution < -0.4 is 5.32 Å². The van der Waals surface area contributed by atoms with Crippen molar-refractivity contribution in [3.05, 3.63) is 41.5 Å². The molecule has 0 amide bonds. The van der Waals surface area contributed by atoms with E-state index >= 15 is 0 Å². The van der Waals surface area contributed by atoms with Gasteiger partial charge in [-0.3, -0.25) is 0 Å². The Morgan fingerprint density at radius 3 is 2.53 bits per heavy atom. The molecule has 0 aliphatic heterocycles. The topological polar surface area (TPSA) is 12.0 Å². The standard InChI is InChI=1S/C16H23N/c1-3-17-13(2)14-9-11-16(12-10-14)15-7-5-4-6-8-15/h7,9-13,17H,3-6,8H2,1-2H3. The molecule has 1 aliphatic carbocycles. The van der Waals surface area contributed by atoms with Crippen LogP contribution in [0.1, 0.15) is 56.7 Å². The van der Waals surface area contributed by atoms with E-state index in [4.69, 9.17) is 0 Å². The van der Waals surface area contributed by atoms with Crippen molar-refractivity contribution in [3.8, 4) is 0 Å². The van der Waals surface area contributed by atoms with Crippen LogP contribution in [0, 0.1) is 0 Å². The van der Waals surface area contributed by atoms with E-state index in [1.54, 1.807) is 5.57 Å². The van der Waals surface area contributed by atoms with Crippen molar-refractivity contribution in [1.29, 1.82) is 0 Å². The van der Waals surface area contributed by atoms with Crippen molar-refractivity contribution < 1.29 is 0 Å². The van der Waals surface area contributed by atoms with Crippen molar-refractivity contribution in [1.82, 2.24) is 5.32 Å². The molecule has 17 heavy (non-hydrogen) atoms. The molecule has 0 fully saturated rings. The normalized spacial score (nSPS) is 17.6. The lowest BCUT2D eigenvalue weighted by Crippen LogP contribution is -2.17. The molecule has 1 nitrogen and oxygen atoms in total. The Hall–Kier alpha value is -1.08. The summed E-state index contributed by atoms with van der Waals surface area (Å²) in [5.74, 6) is 0. The molecular weight excluding hydrogens is 206 g/mol. The molecule has 1 atom stereocenters. The van der Waals surface area contributed by atoms with Gasteiger partial charge in [0.05, 0.1) is 0 Å². The molecule has 0 aromatic heterocycles. The van der Waals surface area contributed by atoms with Gasteiger partial charge in [-0.1, -0.05) is 37.3 Å². The van der Waals surface area contributed by atoms with E-state index in [1.807, 2.05) is 0 Å². The van der Waals surface area contributed by atoms with Crippen molar-refractivity contribution >= 4 is 5.57 Å². The summed E-state index contributed by atoms with van der Waals surface area (Å²) in [5.41, 5.74) is 4.34. The van der Waals surface area contributed by atoms with Gasteiger partial charge in [-0.05, 0) is 55.9 Å². The molecule has 1 aromatic carbocycles. The average Bonchev–Trinajstić information content (AvgIpc) is 2.40. The smallest absolute Gasteiger partial charge is 0.0291 e. The van der Waals surface area contributed by atoms with Crippen LogP contribution >= 0.6 is 0 Å². The van der Waals surface area contributed by atoms with Gasteiger partial charge in [0.1, 0.15) is 0 Å². The maximum atomic E-state index is 3.45. The van der Waals surface area contributed by atoms with Crippen LogP contribution in [0.5, 0.6) is 0 Å². The molecule has 1 aliphatic rings. The third-order valence-electron chi connectivity index (χ3n) is 3.58. The Balaban J connectivity index is 2.09. The van der Waals surface area contributed by atoms with Crippen LogP contribution in [0.4, 0.5) is 0 Å². The first kappa shape index (κ1) is 12.4. The second-order valence-corrected chi connectivity index (χ2v) is 4.88. The van der Waals surface area contributed by atoms with E-state index in [9.17, 15) is 0 Å². The number of hydrogen-bond donors (Lipinski definition) is 1. The monoisotopic (exact) mass is 229 g/mol. The van der Waals surface area contributed by atoms with Crippen LogP contribution in [0.2, 0.25) is 0 Å². The molecule has 1 aromatic rings. The van der Waals surface area contributed by atoms with E-state index in [2.05, 4.69) is 49.5 Å². The zero-order valence-electron chi connectivity index (χ0n) is 11.0. The van der Waals surface area contributed by atoms with E-state index in [0.717, 1.165) is 6.54 Å². The molecule has 1 heteroatoms. The predicted molar refractivity (Wildman–Crippen MR) is 75.0 cm³/mol. The van der Waals surface area contributed by atoms with Gasteiger partial charge < -0.3 is 5.32 Å². The molecule has 92 valence electrons. The molecule has 0 saturated heterocycles. The summed E-state index contributed by atoms with van der Waals surface area (Å²) in [6.07, 6.45) is 7.62. The van der Waals surface area contributed by atoms with Crippen LogP contribution in [0.15, 0.2) is 30.3 Å². The SMILES string of the molecule is CCNC(C)c1ccc(C2=CCCCC2)cc1. The van der Waals surface area contributed by atoms with E-state index < -0.39 is 0 Å². The zero-order chi connectivity index (χ0) is 12.1. The Bertz CT molecular complexity index is 375. The quantitative estimate of drug-likeness (QED) is 0.811. The van der Waals surface area contributed by atoms with Crippen molar-refractivity contribution in [2.45, 2.75) is 45.6 Å². The van der Waals surface area contributed by atoms with Crippen LogP contribution in [-0.2, 0) is 0 Å². The first-order valence-electron chi connectivity index (χ1n) is 6.84. The maximum Gasteiger partial charge on any atom is 0.0291 e. The summed E-state index contributed by atoms with van der Waals surface area (Å²) in [4.78, 5) is 0. The number of nitrogens with one attached hydrogen (secondary N) is 1. The maximum absolute atomic E-state index is 3.45. The first-order chi connectivity index (χ1) is 8.31. The van der Waals surface area contributed by atoms with Crippen LogP contribution in [0.3, 0.4) is 0 Å². The second kappa shape index (κ2) is 6.02. The lowest BCUT2D eigenvalue weighted by atomic mass is 9.93. The van der Waals surface area contributed by atoms with Gasteiger partial charge in [-0.15, -0.1) is 0 Å². The number of benzene rings is 1. The molecule has 2 rings (SSSR count). The highest BCUT2D eigenvalue weighted by molar-refractivity contribution is 5.66. The predicted octanol–water partition coefficient (Wildman–Crippen LogP) is 4.31. The Kier molecular flexibility index (Phi) is 4.38. The Labute approximate surface area is 105 Å². The Morgan fingerprint density at radius 2 is 1.94 bits per heavy atom. The third kappa shape index (κ3) is 3.19. The van der Waals surface area contributed by atoms with Gasteiger partial charge in [0.2, 0.25) is 0 Å². The molecule has 0 radical (unpaired) electrons. The largest absolute Gasteiger partial charge is 0.310 e. The van der Waals surface area contributed by atoms with Gasteiger partial charge in [0.15, 0.2) is 0 Å². The van der Waals surface area contributed by atoms with E-state index in [-0.39, 0.29) is 0 Å². The molecule has 0 saturated carbocycles. The lowest BCUT2D eigenvalue weighted by molar-refractivity contribution is 0.598. The number of rotatable bonds is 4. The molecule has 1 N–H and O–H groups in total. The van der Waals surface area contributed by atoms with Gasteiger partial charge in [-0.2, -0.15) is 0 Å². The zero-order valence-corrected chi connectivity index (χ0v) is 11.0. The molecule has 0 bridgehead atoms. The minimum atomic E-state index is 0.453. The fraction of sp³-hybridized carbons (Fsp3) is 0.500. The Morgan fingerprint density at radius 1 is 1.18 bits per heavy atom. The summed E-state index contributed by atoms with van der Waals surface area (Å²) in [7, 11) is 0. The van der Waals surface area contributed by atoms with Gasteiger partial charge in [-0.25, -0.2) is 0 Å². The molecule has 0 spiro atoms. The molecular formula is C16H23N. The summed E-state index contributed by atoms with van der Waals surface area (Å²) in [6.45, 7) is 5.39. The van der Waals surface area contributed by atoms with E-state index in [0.29, 0.717) is 6.04 Å². The third-order valence-corrected chi connectivity index (χ3v) is 3.58. The van der Waals surface area contributed by atoms with Crippen molar-refractivity contribution in [2.75, 3.05) is 6.54 Å². The fourth-order valence-corrected chi connectivity index (χ4v) is 2.51. The molecule has 0 heterocycles. The number of hydrogen-bond acceptors (Lipinski definition) is 1. The highest BCUT2D eigenvalue weighted by atomic mass is 14.9. The average molecular weight is 229 g/mol. The highest BCUT2D eigenvalue weighted by Crippen LogP contribution is 2.27.